The molecule has 0 spiro atoms. The Labute approximate surface area is 200 Å². The molecule has 8 heteroatoms. The number of amides is 2. The number of oxazole rings is 1. The average molecular weight is 474 g/mol. The molecule has 7 nitrogen and oxygen atoms in total. The molecule has 0 radical (unpaired) electrons. The van der Waals surface area contributed by atoms with Crippen molar-refractivity contribution >= 4 is 34.6 Å². The number of hydrogen-bond donors (Lipinski definition) is 2. The van der Waals surface area contributed by atoms with Gasteiger partial charge in [0.1, 0.15) is 11.5 Å². The van der Waals surface area contributed by atoms with Gasteiger partial charge in [0.05, 0.1) is 11.4 Å². The highest BCUT2D eigenvalue weighted by molar-refractivity contribution is 7.14. The van der Waals surface area contributed by atoms with Gasteiger partial charge in [-0.25, -0.2) is 4.98 Å². The molecule has 0 saturated carbocycles. The normalized spacial score (nSPS) is 10.7. The van der Waals surface area contributed by atoms with Crippen molar-refractivity contribution in [1.82, 2.24) is 10.3 Å². The Balaban J connectivity index is 1.43. The highest BCUT2D eigenvalue weighted by atomic mass is 32.1. The van der Waals surface area contributed by atoms with Crippen LogP contribution >= 0.6 is 11.3 Å². The number of benzene rings is 2. The SMILES string of the molecule is CC(=O)c1ccc(C(=O)NCc2nc(-c3cccc(NC(=O)c4ccc(C)s4)c3)oc2C)cc1. The topological polar surface area (TPSA) is 101 Å². The predicted molar refractivity (Wildman–Crippen MR) is 131 cm³/mol. The number of carbonyl (C=O) groups is 3. The molecule has 2 aromatic carbocycles. The van der Waals surface area contributed by atoms with Crippen LogP contribution in [0.4, 0.5) is 5.69 Å². The lowest BCUT2D eigenvalue weighted by Crippen LogP contribution is -2.23. The van der Waals surface area contributed by atoms with Crippen LogP contribution in [-0.4, -0.2) is 22.6 Å². The molecule has 0 bridgehead atoms. The molecule has 0 saturated heterocycles. The minimum atomic E-state index is -0.271. The van der Waals surface area contributed by atoms with E-state index in [9.17, 15) is 14.4 Å². The molecule has 0 aliphatic heterocycles. The second-order valence-corrected chi connectivity index (χ2v) is 9.07. The number of nitrogens with zero attached hydrogens (tertiary/aromatic N) is 1. The molecule has 0 aliphatic rings. The van der Waals surface area contributed by atoms with Gasteiger partial charge in [-0.3, -0.25) is 14.4 Å². The molecular formula is C26H23N3O4S. The summed E-state index contributed by atoms with van der Waals surface area (Å²) in [5.41, 5.74) is 2.95. The second kappa shape index (κ2) is 9.84. The van der Waals surface area contributed by atoms with Crippen molar-refractivity contribution in [1.29, 1.82) is 0 Å². The van der Waals surface area contributed by atoms with Crippen molar-refractivity contribution in [3.63, 3.8) is 0 Å². The fraction of sp³-hybridized carbons (Fsp3) is 0.154. The summed E-state index contributed by atoms with van der Waals surface area (Å²) in [6, 6.07) is 17.4. The maximum atomic E-state index is 12.5. The molecule has 4 aromatic rings. The summed E-state index contributed by atoms with van der Waals surface area (Å²) in [4.78, 5) is 42.5. The van der Waals surface area contributed by atoms with Crippen LogP contribution in [0.3, 0.4) is 0 Å². The summed E-state index contributed by atoms with van der Waals surface area (Å²) >= 11 is 1.44. The molecule has 172 valence electrons. The van der Waals surface area contributed by atoms with E-state index in [1.165, 1.54) is 18.3 Å². The molecular weight excluding hydrogens is 450 g/mol. The minimum absolute atomic E-state index is 0.0528. The lowest BCUT2D eigenvalue weighted by atomic mass is 10.1. The number of ketones is 1. The highest BCUT2D eigenvalue weighted by Crippen LogP contribution is 2.25. The van der Waals surface area contributed by atoms with E-state index >= 15 is 0 Å². The first kappa shape index (κ1) is 23.1. The number of rotatable bonds is 7. The van der Waals surface area contributed by atoms with Crippen LogP contribution in [0.1, 0.15) is 53.6 Å². The largest absolute Gasteiger partial charge is 0.441 e. The maximum Gasteiger partial charge on any atom is 0.265 e. The number of Topliss-reactive ketones (excluding diaryl/α,β-unsaturated/α-hetero) is 1. The Morgan fingerprint density at radius 2 is 1.68 bits per heavy atom. The van der Waals surface area contributed by atoms with E-state index in [0.717, 1.165) is 4.88 Å². The Morgan fingerprint density at radius 3 is 2.35 bits per heavy atom. The van der Waals surface area contributed by atoms with Crippen molar-refractivity contribution in [2.45, 2.75) is 27.3 Å². The number of aromatic nitrogens is 1. The number of carbonyl (C=O) groups excluding carboxylic acids is 3. The van der Waals surface area contributed by atoms with E-state index in [4.69, 9.17) is 4.42 Å². The lowest BCUT2D eigenvalue weighted by Gasteiger charge is -2.05. The van der Waals surface area contributed by atoms with Crippen LogP contribution in [0, 0.1) is 13.8 Å². The van der Waals surface area contributed by atoms with Gasteiger partial charge in [0.2, 0.25) is 5.89 Å². The molecule has 2 heterocycles. The average Bonchev–Trinajstić information content (AvgIpc) is 3.43. The first-order chi connectivity index (χ1) is 16.3. The summed E-state index contributed by atoms with van der Waals surface area (Å²) in [5, 5.41) is 5.72. The molecule has 0 unspecified atom stereocenters. The van der Waals surface area contributed by atoms with Crippen molar-refractivity contribution < 1.29 is 18.8 Å². The molecule has 34 heavy (non-hydrogen) atoms. The summed E-state index contributed by atoms with van der Waals surface area (Å²) in [7, 11) is 0. The van der Waals surface area contributed by atoms with Crippen molar-refractivity contribution in [3.05, 3.63) is 93.0 Å². The smallest absolute Gasteiger partial charge is 0.265 e. The van der Waals surface area contributed by atoms with Gasteiger partial charge in [0.25, 0.3) is 11.8 Å². The summed E-state index contributed by atoms with van der Waals surface area (Å²) in [6.07, 6.45) is 0. The number of thiophene rings is 1. The summed E-state index contributed by atoms with van der Waals surface area (Å²) in [5.74, 6) is 0.496. The van der Waals surface area contributed by atoms with Crippen molar-refractivity contribution in [3.8, 4) is 11.5 Å². The standard InChI is InChI=1S/C26H23N3O4S/c1-15-7-12-23(34-15)25(32)28-21-6-4-5-20(13-21)26-29-22(17(3)33-26)14-27-24(31)19-10-8-18(9-11-19)16(2)30/h4-13H,14H2,1-3H3,(H,27,31)(H,28,32). The van der Waals surface area contributed by atoms with Gasteiger partial charge in [-0.2, -0.15) is 0 Å². The molecule has 4 rings (SSSR count). The molecule has 0 fully saturated rings. The molecule has 2 amide bonds. The zero-order chi connectivity index (χ0) is 24.2. The van der Waals surface area contributed by atoms with E-state index < -0.39 is 0 Å². The Hall–Kier alpha value is -4.04. The van der Waals surface area contributed by atoms with Gasteiger partial charge < -0.3 is 15.1 Å². The Kier molecular flexibility index (Phi) is 6.70. The van der Waals surface area contributed by atoms with Crippen LogP contribution in [-0.2, 0) is 6.54 Å². The van der Waals surface area contributed by atoms with Crippen LogP contribution in [0.25, 0.3) is 11.5 Å². The van der Waals surface area contributed by atoms with E-state index in [2.05, 4.69) is 15.6 Å². The highest BCUT2D eigenvalue weighted by Gasteiger charge is 2.15. The van der Waals surface area contributed by atoms with E-state index in [0.29, 0.717) is 44.6 Å². The van der Waals surface area contributed by atoms with Crippen LogP contribution < -0.4 is 10.6 Å². The number of nitrogens with one attached hydrogen (secondary N) is 2. The summed E-state index contributed by atoms with van der Waals surface area (Å²) in [6.45, 7) is 5.41. The number of hydrogen-bond acceptors (Lipinski definition) is 6. The fourth-order valence-corrected chi connectivity index (χ4v) is 4.08. The van der Waals surface area contributed by atoms with Crippen LogP contribution in [0.5, 0.6) is 0 Å². The van der Waals surface area contributed by atoms with E-state index in [1.54, 1.807) is 49.4 Å². The van der Waals surface area contributed by atoms with Gasteiger partial charge in [-0.05, 0) is 63.2 Å². The third-order valence-corrected chi connectivity index (χ3v) is 6.19. The quantitative estimate of drug-likeness (QED) is 0.350. The minimum Gasteiger partial charge on any atom is -0.441 e. The van der Waals surface area contributed by atoms with Crippen molar-refractivity contribution in [2.24, 2.45) is 0 Å². The first-order valence-electron chi connectivity index (χ1n) is 10.6. The van der Waals surface area contributed by atoms with Crippen LogP contribution in [0.15, 0.2) is 65.1 Å². The van der Waals surface area contributed by atoms with Gasteiger partial charge in [-0.1, -0.05) is 18.2 Å². The first-order valence-corrected chi connectivity index (χ1v) is 11.5. The van der Waals surface area contributed by atoms with E-state index in [1.807, 2.05) is 25.1 Å². The second-order valence-electron chi connectivity index (χ2n) is 7.78. The van der Waals surface area contributed by atoms with Crippen LogP contribution in [0.2, 0.25) is 0 Å². The number of anilines is 1. The zero-order valence-electron chi connectivity index (χ0n) is 19.0. The zero-order valence-corrected chi connectivity index (χ0v) is 19.8. The van der Waals surface area contributed by atoms with Gasteiger partial charge >= 0.3 is 0 Å². The fourth-order valence-electron chi connectivity index (χ4n) is 3.32. The molecule has 0 atom stereocenters. The molecule has 2 aromatic heterocycles. The predicted octanol–water partition coefficient (Wildman–Crippen LogP) is 5.40. The van der Waals surface area contributed by atoms with Crippen molar-refractivity contribution in [2.75, 3.05) is 5.32 Å². The van der Waals surface area contributed by atoms with Gasteiger partial charge in [-0.15, -0.1) is 11.3 Å². The third-order valence-electron chi connectivity index (χ3n) is 5.19. The monoisotopic (exact) mass is 473 g/mol. The lowest BCUT2D eigenvalue weighted by molar-refractivity contribution is 0.0947. The summed E-state index contributed by atoms with van der Waals surface area (Å²) < 4.78 is 5.82. The Morgan fingerprint density at radius 1 is 0.941 bits per heavy atom. The number of aryl methyl sites for hydroxylation is 2. The van der Waals surface area contributed by atoms with Gasteiger partial charge in [0, 0.05) is 27.3 Å². The maximum absolute atomic E-state index is 12.5. The van der Waals surface area contributed by atoms with E-state index in [-0.39, 0.29) is 24.1 Å². The third kappa shape index (κ3) is 5.29. The Bertz CT molecular complexity index is 1370. The van der Waals surface area contributed by atoms with Gasteiger partial charge in [0.15, 0.2) is 5.78 Å². The molecule has 0 aliphatic carbocycles. The molecule has 2 N–H and O–H groups in total.